The molecule has 0 aromatic heterocycles. The van der Waals surface area contributed by atoms with Crippen LogP contribution in [0.5, 0.6) is 0 Å². The molecule has 0 radical (unpaired) electrons. The Kier molecular flexibility index (Phi) is 4.89. The molecule has 0 unspecified atom stereocenters. The van der Waals surface area contributed by atoms with Crippen LogP contribution in [0.1, 0.15) is 15.9 Å². The highest BCUT2D eigenvalue weighted by atomic mass is 16.4. The molecular formula is C20H18N2O2. The van der Waals surface area contributed by atoms with Gasteiger partial charge in [0.15, 0.2) is 0 Å². The lowest BCUT2D eigenvalue weighted by Crippen LogP contribution is -2.21. The normalized spacial score (nSPS) is 10.3. The number of hydrazine groups is 1. The molecule has 0 bridgehead atoms. The lowest BCUT2D eigenvalue weighted by atomic mass is 9.95. The van der Waals surface area contributed by atoms with Gasteiger partial charge < -0.3 is 10.5 Å². The Bertz CT molecular complexity index is 832. The van der Waals surface area contributed by atoms with Crippen LogP contribution >= 0.6 is 0 Å². The lowest BCUT2D eigenvalue weighted by Gasteiger charge is -2.14. The van der Waals surface area contributed by atoms with E-state index in [1.54, 1.807) is 12.1 Å². The molecule has 3 aromatic carbocycles. The number of hydrogen-bond acceptors (Lipinski definition) is 3. The highest BCUT2D eigenvalue weighted by molar-refractivity contribution is 5.96. The second kappa shape index (κ2) is 7.44. The van der Waals surface area contributed by atoms with E-state index in [9.17, 15) is 9.90 Å². The van der Waals surface area contributed by atoms with E-state index in [4.69, 9.17) is 0 Å². The van der Waals surface area contributed by atoms with Gasteiger partial charge in [-0.25, -0.2) is 10.2 Å². The van der Waals surface area contributed by atoms with E-state index in [1.165, 1.54) is 0 Å². The lowest BCUT2D eigenvalue weighted by molar-refractivity contribution is 0.0697. The van der Waals surface area contributed by atoms with Crippen molar-refractivity contribution in [3.8, 4) is 11.1 Å². The first-order valence-corrected chi connectivity index (χ1v) is 7.70. The van der Waals surface area contributed by atoms with Gasteiger partial charge in [-0.3, -0.25) is 0 Å². The molecule has 0 aliphatic heterocycles. The number of benzene rings is 3. The topological polar surface area (TPSA) is 61.4 Å². The number of aromatic carboxylic acids is 1. The van der Waals surface area contributed by atoms with Crippen LogP contribution in [-0.2, 0) is 6.54 Å². The molecule has 4 nitrogen and oxygen atoms in total. The van der Waals surface area contributed by atoms with Crippen molar-refractivity contribution in [1.82, 2.24) is 5.43 Å². The van der Waals surface area contributed by atoms with E-state index < -0.39 is 5.97 Å². The van der Waals surface area contributed by atoms with Crippen molar-refractivity contribution in [2.45, 2.75) is 6.54 Å². The van der Waals surface area contributed by atoms with Crippen LogP contribution in [-0.4, -0.2) is 11.1 Å². The third kappa shape index (κ3) is 3.62. The molecule has 0 saturated heterocycles. The number of carbonyl (C=O) groups is 1. The zero-order chi connectivity index (χ0) is 16.8. The first kappa shape index (κ1) is 15.8. The average molecular weight is 318 g/mol. The van der Waals surface area contributed by atoms with Crippen molar-refractivity contribution in [3.05, 3.63) is 90.0 Å². The van der Waals surface area contributed by atoms with Crippen LogP contribution in [0.15, 0.2) is 78.9 Å². The Labute approximate surface area is 140 Å². The first-order valence-electron chi connectivity index (χ1n) is 7.70. The largest absolute Gasteiger partial charge is 0.478 e. The van der Waals surface area contributed by atoms with Gasteiger partial charge in [0.25, 0.3) is 0 Å². The summed E-state index contributed by atoms with van der Waals surface area (Å²) < 4.78 is 0. The van der Waals surface area contributed by atoms with Gasteiger partial charge in [0.2, 0.25) is 0 Å². The Balaban J connectivity index is 1.82. The van der Waals surface area contributed by atoms with Crippen molar-refractivity contribution >= 4 is 11.7 Å². The second-order valence-electron chi connectivity index (χ2n) is 5.35. The highest BCUT2D eigenvalue weighted by Crippen LogP contribution is 2.27. The quantitative estimate of drug-likeness (QED) is 0.597. The Morgan fingerprint density at radius 3 is 2.17 bits per heavy atom. The fourth-order valence-corrected chi connectivity index (χ4v) is 2.60. The predicted molar refractivity (Wildman–Crippen MR) is 95.7 cm³/mol. The van der Waals surface area contributed by atoms with Gasteiger partial charge in [-0.05, 0) is 34.9 Å². The van der Waals surface area contributed by atoms with Gasteiger partial charge in [-0.2, -0.15) is 0 Å². The summed E-state index contributed by atoms with van der Waals surface area (Å²) in [7, 11) is 0. The average Bonchev–Trinajstić information content (AvgIpc) is 2.63. The summed E-state index contributed by atoms with van der Waals surface area (Å²) in [4.78, 5) is 11.5. The molecule has 24 heavy (non-hydrogen) atoms. The molecule has 3 rings (SSSR count). The molecular weight excluding hydrogens is 300 g/mol. The number of hydrogen-bond donors (Lipinski definition) is 3. The molecule has 0 atom stereocenters. The summed E-state index contributed by atoms with van der Waals surface area (Å²) in [6, 6.07) is 24.7. The molecule has 3 aromatic rings. The summed E-state index contributed by atoms with van der Waals surface area (Å²) in [5.74, 6) is -0.921. The number of rotatable bonds is 6. The van der Waals surface area contributed by atoms with Crippen LogP contribution in [0.3, 0.4) is 0 Å². The number of anilines is 1. The first-order chi connectivity index (χ1) is 11.8. The van der Waals surface area contributed by atoms with Crippen molar-refractivity contribution in [2.75, 3.05) is 5.43 Å². The third-order valence-electron chi connectivity index (χ3n) is 3.75. The molecule has 0 amide bonds. The minimum atomic E-state index is -0.921. The van der Waals surface area contributed by atoms with E-state index in [1.807, 2.05) is 66.7 Å². The van der Waals surface area contributed by atoms with Gasteiger partial charge in [0, 0.05) is 12.2 Å². The Morgan fingerprint density at radius 2 is 1.42 bits per heavy atom. The minimum absolute atomic E-state index is 0.306. The van der Waals surface area contributed by atoms with Crippen molar-refractivity contribution in [2.24, 2.45) is 0 Å². The summed E-state index contributed by atoms with van der Waals surface area (Å²) >= 11 is 0. The van der Waals surface area contributed by atoms with Gasteiger partial charge >= 0.3 is 5.97 Å². The fourth-order valence-electron chi connectivity index (χ4n) is 2.60. The van der Waals surface area contributed by atoms with Crippen LogP contribution in [0.25, 0.3) is 11.1 Å². The Hall–Kier alpha value is -3.11. The number of nitrogens with one attached hydrogen (secondary N) is 2. The summed E-state index contributed by atoms with van der Waals surface area (Å²) in [6.45, 7) is 0.568. The molecule has 0 aliphatic rings. The summed E-state index contributed by atoms with van der Waals surface area (Å²) in [5, 5.41) is 9.41. The molecule has 3 N–H and O–H groups in total. The van der Waals surface area contributed by atoms with Crippen LogP contribution in [0.4, 0.5) is 5.69 Å². The Morgan fingerprint density at radius 1 is 0.792 bits per heavy atom. The minimum Gasteiger partial charge on any atom is -0.478 e. The van der Waals surface area contributed by atoms with E-state index in [-0.39, 0.29) is 0 Å². The fraction of sp³-hybridized carbons (Fsp3) is 0.0500. The van der Waals surface area contributed by atoms with E-state index in [0.717, 1.165) is 22.4 Å². The maximum atomic E-state index is 11.5. The molecule has 120 valence electrons. The van der Waals surface area contributed by atoms with Crippen LogP contribution < -0.4 is 10.9 Å². The molecule has 0 heterocycles. The molecule has 0 aliphatic carbocycles. The number of carboxylic acid groups (broad SMARTS) is 1. The summed E-state index contributed by atoms with van der Waals surface area (Å²) in [5.41, 5.74) is 10.3. The van der Waals surface area contributed by atoms with E-state index in [0.29, 0.717) is 12.1 Å². The van der Waals surface area contributed by atoms with Crippen LogP contribution in [0.2, 0.25) is 0 Å². The van der Waals surface area contributed by atoms with Crippen molar-refractivity contribution in [1.29, 1.82) is 0 Å². The molecule has 0 fully saturated rings. The van der Waals surface area contributed by atoms with Gasteiger partial charge in [0.05, 0.1) is 5.56 Å². The van der Waals surface area contributed by atoms with Crippen LogP contribution in [0, 0.1) is 0 Å². The molecule has 0 saturated carbocycles. The van der Waals surface area contributed by atoms with E-state index >= 15 is 0 Å². The third-order valence-corrected chi connectivity index (χ3v) is 3.75. The maximum absolute atomic E-state index is 11.5. The smallest absolute Gasteiger partial charge is 0.336 e. The maximum Gasteiger partial charge on any atom is 0.336 e. The second-order valence-corrected chi connectivity index (χ2v) is 5.35. The van der Waals surface area contributed by atoms with Crippen molar-refractivity contribution < 1.29 is 9.90 Å². The molecule has 0 spiro atoms. The SMILES string of the molecule is O=C(O)c1ccccc1-c1ccccc1CNNc1ccccc1. The molecule has 4 heteroatoms. The van der Waals surface area contributed by atoms with Gasteiger partial charge in [0.1, 0.15) is 0 Å². The number of para-hydroxylation sites is 1. The van der Waals surface area contributed by atoms with Crippen molar-refractivity contribution in [3.63, 3.8) is 0 Å². The number of carboxylic acids is 1. The van der Waals surface area contributed by atoms with E-state index in [2.05, 4.69) is 10.9 Å². The van der Waals surface area contributed by atoms with Gasteiger partial charge in [-0.1, -0.05) is 60.7 Å². The highest BCUT2D eigenvalue weighted by Gasteiger charge is 2.13. The predicted octanol–water partition coefficient (Wildman–Crippen LogP) is 4.17. The zero-order valence-corrected chi connectivity index (χ0v) is 13.1. The zero-order valence-electron chi connectivity index (χ0n) is 13.1. The monoisotopic (exact) mass is 318 g/mol. The standard InChI is InChI=1S/C20H18N2O2/c23-20(24)19-13-7-6-12-18(19)17-11-5-4-8-15(17)14-21-22-16-9-2-1-3-10-16/h1-13,21-22H,14H2,(H,23,24). The van der Waals surface area contributed by atoms with Gasteiger partial charge in [-0.15, -0.1) is 0 Å². The summed E-state index contributed by atoms with van der Waals surface area (Å²) in [6.07, 6.45) is 0.